The maximum absolute atomic E-state index is 12.2. The first kappa shape index (κ1) is 13.8. The molecule has 0 atom stereocenters. The molecule has 3 rings (SSSR count). The molecule has 112 valence electrons. The summed E-state index contributed by atoms with van der Waals surface area (Å²) in [5.41, 5.74) is 2.41. The van der Waals surface area contributed by atoms with Crippen LogP contribution in [0, 0.1) is 6.92 Å². The van der Waals surface area contributed by atoms with Crippen LogP contribution in [-0.4, -0.2) is 31.3 Å². The van der Waals surface area contributed by atoms with Crippen molar-refractivity contribution < 1.29 is 4.79 Å². The number of hydrogen-bond donors (Lipinski definition) is 4. The highest BCUT2D eigenvalue weighted by atomic mass is 16.2. The first-order valence-electron chi connectivity index (χ1n) is 6.67. The van der Waals surface area contributed by atoms with Crippen LogP contribution >= 0.6 is 0 Å². The number of nitrogens with one attached hydrogen (secondary N) is 4. The molecule has 22 heavy (non-hydrogen) atoms. The van der Waals surface area contributed by atoms with Gasteiger partial charge in [0.1, 0.15) is 11.5 Å². The Balaban J connectivity index is 1.76. The summed E-state index contributed by atoms with van der Waals surface area (Å²) in [6.45, 7) is 1.95. The standard InChI is InChI=1S/C14H14N6O2/c1-8-11(9-5-3-2-4-6-9)18-19-12(8)13(21)15-7-10-16-14(22)20-17-10/h2-6H,7H2,1H3,(H,15,21)(H,18,19)(H2,16,17,20,22). The third-order valence-electron chi connectivity index (χ3n) is 3.25. The molecular formula is C14H14N6O2. The monoisotopic (exact) mass is 298 g/mol. The van der Waals surface area contributed by atoms with E-state index < -0.39 is 5.69 Å². The molecule has 8 nitrogen and oxygen atoms in total. The van der Waals surface area contributed by atoms with Crippen LogP contribution in [0.25, 0.3) is 11.3 Å². The van der Waals surface area contributed by atoms with Crippen molar-refractivity contribution in [3.63, 3.8) is 0 Å². The number of aromatic nitrogens is 5. The van der Waals surface area contributed by atoms with Crippen molar-refractivity contribution in [1.29, 1.82) is 0 Å². The number of amides is 1. The van der Waals surface area contributed by atoms with Crippen molar-refractivity contribution in [1.82, 2.24) is 30.7 Å². The number of H-pyrrole nitrogens is 3. The molecule has 0 bridgehead atoms. The third kappa shape index (κ3) is 2.66. The summed E-state index contributed by atoms with van der Waals surface area (Å²) in [7, 11) is 0. The Labute approximate surface area is 125 Å². The second kappa shape index (κ2) is 5.68. The van der Waals surface area contributed by atoms with E-state index in [9.17, 15) is 9.59 Å². The van der Waals surface area contributed by atoms with Gasteiger partial charge in [-0.2, -0.15) is 10.2 Å². The van der Waals surface area contributed by atoms with E-state index in [1.54, 1.807) is 0 Å². The number of aromatic amines is 3. The van der Waals surface area contributed by atoms with Gasteiger partial charge in [-0.05, 0) is 6.92 Å². The molecule has 0 aliphatic carbocycles. The fraction of sp³-hybridized carbons (Fsp3) is 0.143. The van der Waals surface area contributed by atoms with E-state index in [0.29, 0.717) is 11.5 Å². The van der Waals surface area contributed by atoms with Crippen LogP contribution in [0.5, 0.6) is 0 Å². The van der Waals surface area contributed by atoms with Gasteiger partial charge in [-0.25, -0.2) is 9.89 Å². The molecule has 3 aromatic rings. The predicted octanol–water partition coefficient (Wildman–Crippen LogP) is 0.727. The van der Waals surface area contributed by atoms with E-state index in [4.69, 9.17) is 0 Å². The number of carbonyl (C=O) groups is 1. The SMILES string of the molecule is Cc1c(-c2ccccc2)n[nH]c1C(=O)NCc1n[nH]c(=O)[nH]1. The zero-order valence-corrected chi connectivity index (χ0v) is 11.8. The minimum Gasteiger partial charge on any atom is -0.343 e. The van der Waals surface area contributed by atoms with Crippen molar-refractivity contribution in [2.45, 2.75) is 13.5 Å². The Morgan fingerprint density at radius 2 is 1.95 bits per heavy atom. The fourth-order valence-electron chi connectivity index (χ4n) is 2.14. The summed E-state index contributed by atoms with van der Waals surface area (Å²) in [6.07, 6.45) is 0. The maximum Gasteiger partial charge on any atom is 0.340 e. The Bertz CT molecular complexity index is 846. The van der Waals surface area contributed by atoms with Gasteiger partial charge < -0.3 is 5.32 Å². The molecule has 0 saturated carbocycles. The van der Waals surface area contributed by atoms with Crippen LogP contribution in [0.1, 0.15) is 21.9 Å². The molecule has 0 fully saturated rings. The molecule has 0 aliphatic rings. The summed E-state index contributed by atoms with van der Waals surface area (Å²) in [6, 6.07) is 9.61. The lowest BCUT2D eigenvalue weighted by atomic mass is 10.1. The number of hydrogen-bond acceptors (Lipinski definition) is 4. The van der Waals surface area contributed by atoms with Gasteiger partial charge in [0.05, 0.1) is 12.2 Å². The highest BCUT2D eigenvalue weighted by Crippen LogP contribution is 2.22. The fourth-order valence-corrected chi connectivity index (χ4v) is 2.14. The number of benzene rings is 1. The Hall–Kier alpha value is -3.16. The highest BCUT2D eigenvalue weighted by molar-refractivity contribution is 5.95. The van der Waals surface area contributed by atoms with Gasteiger partial charge in [-0.1, -0.05) is 30.3 Å². The summed E-state index contributed by atoms with van der Waals surface area (Å²) >= 11 is 0. The average Bonchev–Trinajstić information content (AvgIpc) is 3.12. The van der Waals surface area contributed by atoms with E-state index in [2.05, 4.69) is 30.7 Å². The van der Waals surface area contributed by atoms with E-state index in [1.807, 2.05) is 37.3 Å². The van der Waals surface area contributed by atoms with Gasteiger partial charge >= 0.3 is 5.69 Å². The lowest BCUT2D eigenvalue weighted by molar-refractivity contribution is 0.0944. The van der Waals surface area contributed by atoms with Gasteiger partial charge in [-0.15, -0.1) is 0 Å². The van der Waals surface area contributed by atoms with Gasteiger partial charge in [0.25, 0.3) is 5.91 Å². The van der Waals surface area contributed by atoms with Crippen LogP contribution in [0.15, 0.2) is 35.1 Å². The van der Waals surface area contributed by atoms with Crippen molar-refractivity contribution in [2.75, 3.05) is 0 Å². The van der Waals surface area contributed by atoms with Crippen molar-refractivity contribution in [2.24, 2.45) is 0 Å². The molecule has 4 N–H and O–H groups in total. The molecule has 0 saturated heterocycles. The quantitative estimate of drug-likeness (QED) is 0.567. The van der Waals surface area contributed by atoms with Crippen LogP contribution in [0.2, 0.25) is 0 Å². The first-order chi connectivity index (χ1) is 10.6. The largest absolute Gasteiger partial charge is 0.343 e. The highest BCUT2D eigenvalue weighted by Gasteiger charge is 2.16. The molecule has 0 unspecified atom stereocenters. The van der Waals surface area contributed by atoms with Gasteiger partial charge in [0.2, 0.25) is 0 Å². The van der Waals surface area contributed by atoms with E-state index in [0.717, 1.165) is 16.8 Å². The zero-order chi connectivity index (χ0) is 15.5. The average molecular weight is 298 g/mol. The number of carbonyl (C=O) groups excluding carboxylic acids is 1. The minimum absolute atomic E-state index is 0.122. The molecule has 1 amide bonds. The van der Waals surface area contributed by atoms with E-state index >= 15 is 0 Å². The third-order valence-corrected chi connectivity index (χ3v) is 3.25. The Morgan fingerprint density at radius 3 is 2.64 bits per heavy atom. The van der Waals surface area contributed by atoms with Crippen LogP contribution < -0.4 is 11.0 Å². The predicted molar refractivity (Wildman–Crippen MR) is 79.1 cm³/mol. The van der Waals surface area contributed by atoms with Gasteiger partial charge in [0.15, 0.2) is 0 Å². The summed E-state index contributed by atoms with van der Waals surface area (Å²) in [4.78, 5) is 25.6. The minimum atomic E-state index is -0.409. The Kier molecular flexibility index (Phi) is 3.57. The lowest BCUT2D eigenvalue weighted by Gasteiger charge is -2.02. The van der Waals surface area contributed by atoms with Crippen LogP contribution in [0.3, 0.4) is 0 Å². The molecule has 8 heteroatoms. The van der Waals surface area contributed by atoms with Crippen molar-refractivity contribution in [3.05, 3.63) is 57.9 Å². The molecule has 0 radical (unpaired) electrons. The van der Waals surface area contributed by atoms with Crippen molar-refractivity contribution in [3.8, 4) is 11.3 Å². The molecule has 0 aliphatic heterocycles. The normalized spacial score (nSPS) is 10.6. The molecule has 1 aromatic carbocycles. The summed E-state index contributed by atoms with van der Waals surface area (Å²) in [5.74, 6) is 0.0508. The summed E-state index contributed by atoms with van der Waals surface area (Å²) in [5, 5.41) is 15.6. The Morgan fingerprint density at radius 1 is 1.18 bits per heavy atom. The maximum atomic E-state index is 12.2. The molecule has 0 spiro atoms. The van der Waals surface area contributed by atoms with Gasteiger partial charge in [0, 0.05) is 11.1 Å². The molecule has 2 aromatic heterocycles. The second-order valence-corrected chi connectivity index (χ2v) is 4.75. The number of nitrogens with zero attached hydrogens (tertiary/aromatic N) is 2. The lowest BCUT2D eigenvalue weighted by Crippen LogP contribution is -2.24. The van der Waals surface area contributed by atoms with Crippen molar-refractivity contribution >= 4 is 5.91 Å². The van der Waals surface area contributed by atoms with E-state index in [-0.39, 0.29) is 12.5 Å². The van der Waals surface area contributed by atoms with Crippen LogP contribution in [0.4, 0.5) is 0 Å². The zero-order valence-electron chi connectivity index (χ0n) is 11.8. The molecule has 2 heterocycles. The van der Waals surface area contributed by atoms with Crippen LogP contribution in [-0.2, 0) is 6.54 Å². The first-order valence-corrected chi connectivity index (χ1v) is 6.67. The smallest absolute Gasteiger partial charge is 0.340 e. The van der Waals surface area contributed by atoms with E-state index in [1.165, 1.54) is 0 Å². The second-order valence-electron chi connectivity index (χ2n) is 4.75. The van der Waals surface area contributed by atoms with Gasteiger partial charge in [-0.3, -0.25) is 14.9 Å². The number of rotatable bonds is 4. The molecular weight excluding hydrogens is 284 g/mol. The summed E-state index contributed by atoms with van der Waals surface area (Å²) < 4.78 is 0. The topological polar surface area (TPSA) is 119 Å².